The first-order chi connectivity index (χ1) is 10.8. The zero-order valence-corrected chi connectivity index (χ0v) is 14.1. The standard InChI is InChI=1S/C16H13BrN2O2S/c1-20-13-8-7-12(17)9-15(13)22-19-16-10-14(21-18-16)11-5-3-2-4-6-11/h2-10H,1H3,(H,18,19). The van der Waals surface area contributed by atoms with E-state index >= 15 is 0 Å². The Balaban J connectivity index is 1.73. The number of hydrogen-bond donors (Lipinski definition) is 1. The van der Waals surface area contributed by atoms with Crippen LogP contribution >= 0.6 is 27.9 Å². The van der Waals surface area contributed by atoms with E-state index in [1.807, 2.05) is 54.6 Å². The highest BCUT2D eigenvalue weighted by Crippen LogP contribution is 2.33. The normalized spacial score (nSPS) is 10.5. The van der Waals surface area contributed by atoms with E-state index in [-0.39, 0.29) is 0 Å². The van der Waals surface area contributed by atoms with E-state index < -0.39 is 0 Å². The van der Waals surface area contributed by atoms with Gasteiger partial charge < -0.3 is 14.0 Å². The van der Waals surface area contributed by atoms with Crippen molar-refractivity contribution in [3.05, 3.63) is 59.1 Å². The van der Waals surface area contributed by atoms with Crippen molar-refractivity contribution in [1.29, 1.82) is 0 Å². The number of methoxy groups -OCH3 is 1. The maximum Gasteiger partial charge on any atom is 0.180 e. The Kier molecular flexibility index (Phi) is 4.70. The highest BCUT2D eigenvalue weighted by Gasteiger charge is 2.09. The molecule has 1 aromatic heterocycles. The lowest BCUT2D eigenvalue weighted by atomic mass is 10.2. The van der Waals surface area contributed by atoms with Crippen molar-refractivity contribution >= 4 is 33.7 Å². The topological polar surface area (TPSA) is 47.3 Å². The van der Waals surface area contributed by atoms with E-state index in [1.54, 1.807) is 7.11 Å². The van der Waals surface area contributed by atoms with Crippen molar-refractivity contribution < 1.29 is 9.26 Å². The maximum atomic E-state index is 5.35. The number of benzene rings is 2. The number of nitrogens with one attached hydrogen (secondary N) is 1. The molecule has 3 rings (SSSR count). The number of hydrogen-bond acceptors (Lipinski definition) is 5. The van der Waals surface area contributed by atoms with E-state index in [0.717, 1.165) is 26.4 Å². The van der Waals surface area contributed by atoms with Gasteiger partial charge in [-0.25, -0.2) is 0 Å². The summed E-state index contributed by atoms with van der Waals surface area (Å²) in [6, 6.07) is 17.6. The van der Waals surface area contributed by atoms with Crippen molar-refractivity contribution in [3.8, 4) is 17.1 Å². The highest BCUT2D eigenvalue weighted by atomic mass is 79.9. The van der Waals surface area contributed by atoms with Crippen LogP contribution in [0.25, 0.3) is 11.3 Å². The molecule has 0 aliphatic carbocycles. The molecule has 0 bridgehead atoms. The predicted octanol–water partition coefficient (Wildman–Crippen LogP) is 5.23. The smallest absolute Gasteiger partial charge is 0.180 e. The fourth-order valence-electron chi connectivity index (χ4n) is 1.90. The van der Waals surface area contributed by atoms with Gasteiger partial charge in [0.1, 0.15) is 5.75 Å². The summed E-state index contributed by atoms with van der Waals surface area (Å²) < 4.78 is 14.8. The van der Waals surface area contributed by atoms with Crippen molar-refractivity contribution in [2.24, 2.45) is 0 Å². The van der Waals surface area contributed by atoms with Crippen molar-refractivity contribution in [1.82, 2.24) is 5.16 Å². The quantitative estimate of drug-likeness (QED) is 0.617. The lowest BCUT2D eigenvalue weighted by Crippen LogP contribution is -1.90. The molecule has 1 heterocycles. The van der Waals surface area contributed by atoms with Gasteiger partial charge in [0, 0.05) is 16.1 Å². The Morgan fingerprint density at radius 3 is 2.73 bits per heavy atom. The van der Waals surface area contributed by atoms with Gasteiger partial charge in [-0.2, -0.15) is 0 Å². The number of rotatable bonds is 5. The molecule has 6 heteroatoms. The van der Waals surface area contributed by atoms with Crippen molar-refractivity contribution in [3.63, 3.8) is 0 Å². The van der Waals surface area contributed by atoms with Crippen LogP contribution in [0.4, 0.5) is 5.82 Å². The monoisotopic (exact) mass is 376 g/mol. The number of ether oxygens (including phenoxy) is 1. The predicted molar refractivity (Wildman–Crippen MR) is 92.1 cm³/mol. The van der Waals surface area contributed by atoms with Crippen LogP contribution in [0, 0.1) is 0 Å². The minimum absolute atomic E-state index is 0.658. The third-order valence-electron chi connectivity index (χ3n) is 2.96. The van der Waals surface area contributed by atoms with Crippen LogP contribution in [0.3, 0.4) is 0 Å². The van der Waals surface area contributed by atoms with Gasteiger partial charge in [0.15, 0.2) is 11.6 Å². The molecule has 2 aromatic carbocycles. The summed E-state index contributed by atoms with van der Waals surface area (Å²) >= 11 is 4.88. The Morgan fingerprint density at radius 1 is 1.14 bits per heavy atom. The lowest BCUT2D eigenvalue weighted by Gasteiger charge is -2.08. The molecule has 3 aromatic rings. The second-order valence-corrected chi connectivity index (χ2v) is 6.21. The van der Waals surface area contributed by atoms with Gasteiger partial charge in [0.2, 0.25) is 0 Å². The van der Waals surface area contributed by atoms with E-state index in [9.17, 15) is 0 Å². The molecule has 1 N–H and O–H groups in total. The molecular formula is C16H13BrN2O2S. The van der Waals surface area contributed by atoms with Gasteiger partial charge in [0.05, 0.1) is 12.0 Å². The third-order valence-corrected chi connectivity index (χ3v) is 4.30. The molecule has 0 atom stereocenters. The molecule has 0 aliphatic rings. The Hall–Kier alpha value is -1.92. The highest BCUT2D eigenvalue weighted by molar-refractivity contribution is 9.10. The molecule has 0 fully saturated rings. The molecular weight excluding hydrogens is 364 g/mol. The summed E-state index contributed by atoms with van der Waals surface area (Å²) in [6.07, 6.45) is 0. The summed E-state index contributed by atoms with van der Waals surface area (Å²) in [7, 11) is 1.65. The second kappa shape index (κ2) is 6.89. The fourth-order valence-corrected chi connectivity index (χ4v) is 3.16. The third kappa shape index (κ3) is 3.45. The molecule has 4 nitrogen and oxygen atoms in total. The number of anilines is 1. The fraction of sp³-hybridized carbons (Fsp3) is 0.0625. The zero-order valence-electron chi connectivity index (χ0n) is 11.7. The molecule has 0 aliphatic heterocycles. The van der Waals surface area contributed by atoms with Gasteiger partial charge in [0.25, 0.3) is 0 Å². The SMILES string of the molecule is COc1ccc(Br)cc1SNc1cc(-c2ccccc2)on1. The summed E-state index contributed by atoms with van der Waals surface area (Å²) in [5.41, 5.74) is 0.994. The minimum atomic E-state index is 0.658. The largest absolute Gasteiger partial charge is 0.496 e. The molecule has 0 radical (unpaired) electrons. The Bertz CT molecular complexity index is 762. The van der Waals surface area contributed by atoms with Crippen LogP contribution in [0.2, 0.25) is 0 Å². The van der Waals surface area contributed by atoms with Gasteiger partial charge in [-0.05, 0) is 30.1 Å². The van der Waals surface area contributed by atoms with E-state index in [2.05, 4.69) is 25.8 Å². The maximum absolute atomic E-state index is 5.35. The first-order valence-electron chi connectivity index (χ1n) is 6.55. The average Bonchev–Trinajstić information content (AvgIpc) is 3.03. The van der Waals surface area contributed by atoms with Gasteiger partial charge >= 0.3 is 0 Å². The van der Waals surface area contributed by atoms with Crippen LogP contribution in [0.15, 0.2) is 68.5 Å². The van der Waals surface area contributed by atoms with E-state index in [0.29, 0.717) is 5.82 Å². The molecule has 112 valence electrons. The van der Waals surface area contributed by atoms with Crippen LogP contribution < -0.4 is 9.46 Å². The summed E-state index contributed by atoms with van der Waals surface area (Å²) in [4.78, 5) is 0.959. The van der Waals surface area contributed by atoms with Gasteiger partial charge in [-0.3, -0.25) is 0 Å². The average molecular weight is 377 g/mol. The molecule has 0 saturated carbocycles. The van der Waals surface area contributed by atoms with Crippen LogP contribution in [0.1, 0.15) is 0 Å². The van der Waals surface area contributed by atoms with E-state index in [4.69, 9.17) is 9.26 Å². The van der Waals surface area contributed by atoms with Gasteiger partial charge in [-0.1, -0.05) is 51.4 Å². The molecule has 0 unspecified atom stereocenters. The molecule has 0 amide bonds. The van der Waals surface area contributed by atoms with Crippen LogP contribution in [0.5, 0.6) is 5.75 Å². The van der Waals surface area contributed by atoms with Crippen molar-refractivity contribution in [2.75, 3.05) is 11.8 Å². The van der Waals surface area contributed by atoms with Crippen molar-refractivity contribution in [2.45, 2.75) is 4.90 Å². The Morgan fingerprint density at radius 2 is 1.95 bits per heavy atom. The number of aromatic nitrogens is 1. The Labute approximate surface area is 141 Å². The first-order valence-corrected chi connectivity index (χ1v) is 8.16. The van der Waals surface area contributed by atoms with Crippen LogP contribution in [-0.2, 0) is 0 Å². The zero-order chi connectivity index (χ0) is 15.4. The second-order valence-electron chi connectivity index (χ2n) is 4.44. The molecule has 0 saturated heterocycles. The van der Waals surface area contributed by atoms with Crippen LogP contribution in [-0.4, -0.2) is 12.3 Å². The first kappa shape index (κ1) is 15.0. The summed E-state index contributed by atoms with van der Waals surface area (Å²) in [5.74, 6) is 2.18. The number of nitrogens with zero attached hydrogens (tertiary/aromatic N) is 1. The van der Waals surface area contributed by atoms with Gasteiger partial charge in [-0.15, -0.1) is 0 Å². The minimum Gasteiger partial charge on any atom is -0.496 e. The molecule has 0 spiro atoms. The molecule has 22 heavy (non-hydrogen) atoms. The number of halogens is 1. The summed E-state index contributed by atoms with van der Waals surface area (Å²) in [6.45, 7) is 0. The lowest BCUT2D eigenvalue weighted by molar-refractivity contribution is 0.404. The summed E-state index contributed by atoms with van der Waals surface area (Å²) in [5, 5.41) is 4.03. The van der Waals surface area contributed by atoms with E-state index in [1.165, 1.54) is 11.9 Å².